The van der Waals surface area contributed by atoms with Gasteiger partial charge in [0.05, 0.1) is 12.2 Å². The Kier molecular flexibility index (Phi) is 4.68. The van der Waals surface area contributed by atoms with Gasteiger partial charge in [0.25, 0.3) is 0 Å². The molecule has 1 N–H and O–H groups in total. The fraction of sp³-hybridized carbons (Fsp3) is 0.500. The standard InChI is InChI=1S/C12H19N3S/c1-9(2)13-12(16)15(4)8-11-7-5-6-10(3)14-11/h5-7,9H,8H2,1-4H3,(H,13,16). The Balaban J connectivity index is 2.57. The highest BCUT2D eigenvalue weighted by molar-refractivity contribution is 7.80. The first-order chi connectivity index (χ1) is 7.49. The lowest BCUT2D eigenvalue weighted by Crippen LogP contribution is -2.40. The summed E-state index contributed by atoms with van der Waals surface area (Å²) in [4.78, 5) is 6.44. The fourth-order valence-electron chi connectivity index (χ4n) is 1.36. The summed E-state index contributed by atoms with van der Waals surface area (Å²) < 4.78 is 0. The van der Waals surface area contributed by atoms with Crippen molar-refractivity contribution in [2.45, 2.75) is 33.4 Å². The second-order valence-corrected chi connectivity index (χ2v) is 4.62. The summed E-state index contributed by atoms with van der Waals surface area (Å²) in [6, 6.07) is 6.39. The Hall–Kier alpha value is -1.16. The van der Waals surface area contributed by atoms with Crippen molar-refractivity contribution in [2.24, 2.45) is 0 Å². The molecule has 0 spiro atoms. The highest BCUT2D eigenvalue weighted by Gasteiger charge is 2.06. The zero-order chi connectivity index (χ0) is 12.1. The van der Waals surface area contributed by atoms with Gasteiger partial charge in [0.15, 0.2) is 5.11 Å². The fourth-order valence-corrected chi connectivity index (χ4v) is 1.66. The number of nitrogens with one attached hydrogen (secondary N) is 1. The van der Waals surface area contributed by atoms with Crippen molar-refractivity contribution in [3.63, 3.8) is 0 Å². The van der Waals surface area contributed by atoms with Crippen molar-refractivity contribution in [2.75, 3.05) is 7.05 Å². The smallest absolute Gasteiger partial charge is 0.169 e. The molecule has 16 heavy (non-hydrogen) atoms. The van der Waals surface area contributed by atoms with Gasteiger partial charge < -0.3 is 10.2 Å². The van der Waals surface area contributed by atoms with Crippen molar-refractivity contribution in [3.8, 4) is 0 Å². The van der Waals surface area contributed by atoms with Gasteiger partial charge in [-0.1, -0.05) is 6.07 Å². The first-order valence-electron chi connectivity index (χ1n) is 5.43. The van der Waals surface area contributed by atoms with Crippen LogP contribution in [0, 0.1) is 6.92 Å². The van der Waals surface area contributed by atoms with E-state index in [1.807, 2.05) is 37.1 Å². The average Bonchev–Trinajstić information content (AvgIpc) is 2.16. The molecule has 0 aromatic carbocycles. The molecular weight excluding hydrogens is 218 g/mol. The molecule has 0 saturated carbocycles. The molecule has 3 nitrogen and oxygen atoms in total. The molecule has 0 unspecified atom stereocenters. The number of thiocarbonyl (C=S) groups is 1. The zero-order valence-electron chi connectivity index (χ0n) is 10.3. The molecular formula is C12H19N3S. The number of aryl methyl sites for hydroxylation is 1. The molecule has 0 radical (unpaired) electrons. The molecule has 0 fully saturated rings. The van der Waals surface area contributed by atoms with Crippen molar-refractivity contribution in [1.82, 2.24) is 15.2 Å². The number of rotatable bonds is 3. The highest BCUT2D eigenvalue weighted by Crippen LogP contribution is 2.02. The monoisotopic (exact) mass is 237 g/mol. The topological polar surface area (TPSA) is 28.2 Å². The maximum absolute atomic E-state index is 5.27. The molecule has 0 aliphatic carbocycles. The van der Waals surface area contributed by atoms with Crippen LogP contribution in [0.2, 0.25) is 0 Å². The molecule has 4 heteroatoms. The molecule has 1 heterocycles. The summed E-state index contributed by atoms with van der Waals surface area (Å²) in [5.74, 6) is 0. The Morgan fingerprint density at radius 3 is 2.75 bits per heavy atom. The van der Waals surface area contributed by atoms with E-state index in [-0.39, 0.29) is 0 Å². The maximum atomic E-state index is 5.27. The van der Waals surface area contributed by atoms with Crippen LogP contribution in [0.3, 0.4) is 0 Å². The van der Waals surface area contributed by atoms with E-state index < -0.39 is 0 Å². The van der Waals surface area contributed by atoms with Gasteiger partial charge in [-0.15, -0.1) is 0 Å². The maximum Gasteiger partial charge on any atom is 0.169 e. The molecule has 0 amide bonds. The predicted molar refractivity (Wildman–Crippen MR) is 71.3 cm³/mol. The summed E-state index contributed by atoms with van der Waals surface area (Å²) in [5.41, 5.74) is 2.07. The normalized spacial score (nSPS) is 10.3. The van der Waals surface area contributed by atoms with E-state index in [0.717, 1.165) is 23.0 Å². The summed E-state index contributed by atoms with van der Waals surface area (Å²) in [7, 11) is 1.97. The summed E-state index contributed by atoms with van der Waals surface area (Å²) in [6.45, 7) is 6.88. The second-order valence-electron chi connectivity index (χ2n) is 4.23. The minimum Gasteiger partial charge on any atom is -0.360 e. The third kappa shape index (κ3) is 4.14. The van der Waals surface area contributed by atoms with Crippen molar-refractivity contribution < 1.29 is 0 Å². The number of nitrogens with zero attached hydrogens (tertiary/aromatic N) is 2. The minimum absolute atomic E-state index is 0.361. The second kappa shape index (κ2) is 5.80. The van der Waals surface area contributed by atoms with Crippen LogP contribution in [0.1, 0.15) is 25.2 Å². The molecule has 0 bridgehead atoms. The van der Waals surface area contributed by atoms with Gasteiger partial charge in [-0.2, -0.15) is 0 Å². The van der Waals surface area contributed by atoms with Crippen LogP contribution in [-0.2, 0) is 6.54 Å². The van der Waals surface area contributed by atoms with E-state index in [4.69, 9.17) is 12.2 Å². The molecule has 1 rings (SSSR count). The van der Waals surface area contributed by atoms with E-state index in [0.29, 0.717) is 6.04 Å². The highest BCUT2D eigenvalue weighted by atomic mass is 32.1. The molecule has 0 atom stereocenters. The van der Waals surface area contributed by atoms with Crippen LogP contribution in [0.5, 0.6) is 0 Å². The van der Waals surface area contributed by atoms with Gasteiger partial charge in [0.1, 0.15) is 0 Å². The largest absolute Gasteiger partial charge is 0.360 e. The van der Waals surface area contributed by atoms with Gasteiger partial charge in [0.2, 0.25) is 0 Å². The van der Waals surface area contributed by atoms with E-state index in [1.165, 1.54) is 0 Å². The van der Waals surface area contributed by atoms with E-state index in [2.05, 4.69) is 24.1 Å². The van der Waals surface area contributed by atoms with E-state index in [1.54, 1.807) is 0 Å². The molecule has 88 valence electrons. The Bertz CT molecular complexity index is 363. The van der Waals surface area contributed by atoms with Crippen molar-refractivity contribution >= 4 is 17.3 Å². The zero-order valence-corrected chi connectivity index (χ0v) is 11.1. The minimum atomic E-state index is 0.361. The molecule has 1 aromatic heterocycles. The Morgan fingerprint density at radius 1 is 1.50 bits per heavy atom. The Labute approximate surface area is 103 Å². The van der Waals surface area contributed by atoms with Gasteiger partial charge in [-0.3, -0.25) is 4.98 Å². The van der Waals surface area contributed by atoms with E-state index >= 15 is 0 Å². The van der Waals surface area contributed by atoms with Gasteiger partial charge in [-0.25, -0.2) is 0 Å². The van der Waals surface area contributed by atoms with Crippen LogP contribution >= 0.6 is 12.2 Å². The Morgan fingerprint density at radius 2 is 2.19 bits per heavy atom. The van der Waals surface area contributed by atoms with E-state index in [9.17, 15) is 0 Å². The number of hydrogen-bond acceptors (Lipinski definition) is 2. The van der Waals surface area contributed by atoms with Crippen molar-refractivity contribution in [3.05, 3.63) is 29.6 Å². The number of pyridine rings is 1. The van der Waals surface area contributed by atoms with Crippen LogP contribution in [0.25, 0.3) is 0 Å². The van der Waals surface area contributed by atoms with Crippen molar-refractivity contribution in [1.29, 1.82) is 0 Å². The molecule has 1 aromatic rings. The summed E-state index contributed by atoms with van der Waals surface area (Å²) >= 11 is 5.27. The van der Waals surface area contributed by atoms with Gasteiger partial charge in [-0.05, 0) is 45.1 Å². The lowest BCUT2D eigenvalue weighted by Gasteiger charge is -2.22. The lowest BCUT2D eigenvalue weighted by atomic mass is 10.3. The third-order valence-corrected chi connectivity index (χ3v) is 2.53. The van der Waals surface area contributed by atoms with Gasteiger partial charge >= 0.3 is 0 Å². The summed E-state index contributed by atoms with van der Waals surface area (Å²) in [5, 5.41) is 3.97. The van der Waals surface area contributed by atoms with Crippen LogP contribution in [0.4, 0.5) is 0 Å². The van der Waals surface area contributed by atoms with Crippen LogP contribution < -0.4 is 5.32 Å². The lowest BCUT2D eigenvalue weighted by molar-refractivity contribution is 0.473. The molecule has 0 saturated heterocycles. The molecule has 0 aliphatic rings. The SMILES string of the molecule is Cc1cccc(CN(C)C(=S)NC(C)C)n1. The van der Waals surface area contributed by atoms with Crippen LogP contribution in [-0.4, -0.2) is 28.1 Å². The summed E-state index contributed by atoms with van der Waals surface area (Å²) in [6.07, 6.45) is 0. The van der Waals surface area contributed by atoms with Gasteiger partial charge in [0, 0.05) is 18.8 Å². The quantitative estimate of drug-likeness (QED) is 0.815. The van der Waals surface area contributed by atoms with Crippen LogP contribution in [0.15, 0.2) is 18.2 Å². The predicted octanol–water partition coefficient (Wildman–Crippen LogP) is 2.10. The first-order valence-corrected chi connectivity index (χ1v) is 5.84. The number of aromatic nitrogens is 1. The average molecular weight is 237 g/mol. The third-order valence-electron chi connectivity index (χ3n) is 2.10. The molecule has 0 aliphatic heterocycles. The number of hydrogen-bond donors (Lipinski definition) is 1. The first kappa shape index (κ1) is 12.9.